The molecule has 13 heavy (non-hydrogen) atoms. The van der Waals surface area contributed by atoms with Crippen LogP contribution in [-0.4, -0.2) is 60.1 Å². The molecule has 0 aromatic heterocycles. The second kappa shape index (κ2) is 6.45. The molecule has 0 heterocycles. The molecule has 0 aliphatic carbocycles. The third-order valence-corrected chi connectivity index (χ3v) is 2.48. The fraction of sp³-hybridized carbons (Fsp3) is 0.333. The first-order chi connectivity index (χ1) is 5.63. The molecular formula is C9H13KO2S. The van der Waals surface area contributed by atoms with E-state index in [2.05, 4.69) is 0 Å². The van der Waals surface area contributed by atoms with Crippen molar-refractivity contribution in [2.75, 3.05) is 0 Å². The van der Waals surface area contributed by atoms with Crippen molar-refractivity contribution in [2.45, 2.75) is 24.7 Å². The first-order valence-corrected chi connectivity index (χ1v) is 4.93. The summed E-state index contributed by atoms with van der Waals surface area (Å²) in [5.41, 5.74) is 0.943. The molecule has 2 nitrogen and oxygen atoms in total. The van der Waals surface area contributed by atoms with Gasteiger partial charge in [-0.1, -0.05) is 32.0 Å². The quantitative estimate of drug-likeness (QED) is 0.614. The fourth-order valence-electron chi connectivity index (χ4n) is 1.12. The molecule has 0 fully saturated rings. The summed E-state index contributed by atoms with van der Waals surface area (Å²) in [6.07, 6.45) is 0. The number of hydrogen-bond donors (Lipinski definition) is 1. The molecule has 0 amide bonds. The average molecular weight is 224 g/mol. The second-order valence-electron chi connectivity index (χ2n) is 2.94. The van der Waals surface area contributed by atoms with Gasteiger partial charge in [-0.05, 0) is 17.5 Å². The van der Waals surface area contributed by atoms with Crippen molar-refractivity contribution < 1.29 is 8.76 Å². The second-order valence-corrected chi connectivity index (χ2v) is 3.88. The van der Waals surface area contributed by atoms with Gasteiger partial charge in [0.1, 0.15) is 0 Å². The summed E-state index contributed by atoms with van der Waals surface area (Å²) < 4.78 is 19.8. The zero-order valence-corrected chi connectivity index (χ0v) is 7.97. The van der Waals surface area contributed by atoms with E-state index < -0.39 is 11.1 Å². The van der Waals surface area contributed by atoms with Crippen LogP contribution in [0, 0.1) is 0 Å². The third-order valence-electron chi connectivity index (χ3n) is 1.73. The van der Waals surface area contributed by atoms with E-state index in [1.54, 1.807) is 12.1 Å². The molecule has 0 saturated carbocycles. The predicted molar refractivity (Wildman–Crippen MR) is 56.7 cm³/mol. The molecule has 68 valence electrons. The summed E-state index contributed by atoms with van der Waals surface area (Å²) in [4.78, 5) is 0.521. The topological polar surface area (TPSA) is 37.3 Å². The summed E-state index contributed by atoms with van der Waals surface area (Å²) >= 11 is -1.86. The van der Waals surface area contributed by atoms with Crippen LogP contribution in [0.15, 0.2) is 29.2 Å². The van der Waals surface area contributed by atoms with Gasteiger partial charge >= 0.3 is 51.4 Å². The minimum absolute atomic E-state index is 0. The normalized spacial score (nSPS) is 12.3. The van der Waals surface area contributed by atoms with Crippen molar-refractivity contribution in [1.29, 1.82) is 0 Å². The Morgan fingerprint density at radius 3 is 2.23 bits per heavy atom. The van der Waals surface area contributed by atoms with Gasteiger partial charge in [-0.2, -0.15) is 0 Å². The molecule has 0 saturated heterocycles. The molecule has 4 heteroatoms. The van der Waals surface area contributed by atoms with E-state index in [1.807, 2.05) is 26.0 Å². The van der Waals surface area contributed by atoms with Crippen LogP contribution in [0.1, 0.15) is 25.3 Å². The van der Waals surface area contributed by atoms with Crippen LogP contribution >= 0.6 is 0 Å². The van der Waals surface area contributed by atoms with E-state index in [0.29, 0.717) is 4.90 Å². The van der Waals surface area contributed by atoms with Crippen molar-refractivity contribution in [3.05, 3.63) is 29.8 Å². The molecular weight excluding hydrogens is 211 g/mol. The van der Waals surface area contributed by atoms with Crippen LogP contribution in [-0.2, 0) is 11.1 Å². The summed E-state index contributed by atoms with van der Waals surface area (Å²) in [7, 11) is 0. The van der Waals surface area contributed by atoms with Gasteiger partial charge in [-0.15, -0.1) is 0 Å². The monoisotopic (exact) mass is 224 g/mol. The molecule has 1 N–H and O–H groups in total. The van der Waals surface area contributed by atoms with E-state index in [0.717, 1.165) is 5.56 Å². The van der Waals surface area contributed by atoms with Gasteiger partial charge in [-0.3, -0.25) is 0 Å². The van der Waals surface area contributed by atoms with E-state index in [-0.39, 0.29) is 57.3 Å². The molecule has 0 aliphatic heterocycles. The van der Waals surface area contributed by atoms with Crippen LogP contribution in [0.2, 0.25) is 0 Å². The van der Waals surface area contributed by atoms with Crippen molar-refractivity contribution >= 4 is 62.5 Å². The van der Waals surface area contributed by atoms with Gasteiger partial charge in [0.25, 0.3) is 0 Å². The van der Waals surface area contributed by atoms with Crippen LogP contribution in [0.3, 0.4) is 0 Å². The van der Waals surface area contributed by atoms with Gasteiger partial charge in [-0.25, -0.2) is 4.21 Å². The Morgan fingerprint density at radius 2 is 1.85 bits per heavy atom. The fourth-order valence-corrected chi connectivity index (χ4v) is 1.82. The standard InChI is InChI=1S/C9H12O2S.K.H/c1-7(2)8-5-3-4-6-9(8)12(10)11;;/h3-7H,1-2H3,(H,10,11);;. The summed E-state index contributed by atoms with van der Waals surface area (Å²) in [6, 6.07) is 7.22. The number of hydrogen-bond acceptors (Lipinski definition) is 1. The average Bonchev–Trinajstić information content (AvgIpc) is 2.04. The van der Waals surface area contributed by atoms with Crippen LogP contribution in [0.4, 0.5) is 0 Å². The van der Waals surface area contributed by atoms with Gasteiger partial charge in [0.05, 0.1) is 4.90 Å². The molecule has 0 spiro atoms. The first kappa shape index (κ1) is 14.0. The van der Waals surface area contributed by atoms with Gasteiger partial charge < -0.3 is 4.55 Å². The molecule has 1 atom stereocenters. The minimum atomic E-state index is -1.86. The Balaban J connectivity index is 0.00000144. The van der Waals surface area contributed by atoms with Crippen molar-refractivity contribution in [3.63, 3.8) is 0 Å². The summed E-state index contributed by atoms with van der Waals surface area (Å²) in [5.74, 6) is 0.289. The zero-order valence-electron chi connectivity index (χ0n) is 7.15. The van der Waals surface area contributed by atoms with Crippen molar-refractivity contribution in [3.8, 4) is 0 Å². The summed E-state index contributed by atoms with van der Waals surface area (Å²) in [5, 5.41) is 0. The molecule has 1 aromatic rings. The molecule has 0 bridgehead atoms. The summed E-state index contributed by atoms with van der Waals surface area (Å²) in [6.45, 7) is 4.01. The molecule has 1 rings (SSSR count). The number of rotatable bonds is 2. The van der Waals surface area contributed by atoms with Crippen molar-refractivity contribution in [2.24, 2.45) is 0 Å². The van der Waals surface area contributed by atoms with Crippen LogP contribution in [0.5, 0.6) is 0 Å². The predicted octanol–water partition coefficient (Wildman–Crippen LogP) is 1.74. The Bertz CT molecular complexity index is 299. The maximum absolute atomic E-state index is 10.8. The zero-order chi connectivity index (χ0) is 9.14. The molecule has 1 unspecified atom stereocenters. The van der Waals surface area contributed by atoms with Gasteiger partial charge in [0.2, 0.25) is 0 Å². The first-order valence-electron chi connectivity index (χ1n) is 3.82. The molecule has 0 radical (unpaired) electrons. The Kier molecular flexibility index (Phi) is 6.93. The third kappa shape index (κ3) is 3.91. The van der Waals surface area contributed by atoms with Crippen LogP contribution < -0.4 is 0 Å². The van der Waals surface area contributed by atoms with E-state index in [1.165, 1.54) is 0 Å². The Hall–Kier alpha value is 0.966. The molecule has 0 aliphatic rings. The Labute approximate surface area is 124 Å². The number of benzene rings is 1. The maximum atomic E-state index is 10.8. The van der Waals surface area contributed by atoms with E-state index in [9.17, 15) is 4.21 Å². The van der Waals surface area contributed by atoms with Crippen LogP contribution in [0.25, 0.3) is 0 Å². The SMILES string of the molecule is CC(C)c1ccccc1S(=O)O.[KH]. The Morgan fingerprint density at radius 1 is 1.31 bits per heavy atom. The van der Waals surface area contributed by atoms with E-state index >= 15 is 0 Å². The molecule has 1 aromatic carbocycles. The van der Waals surface area contributed by atoms with Crippen molar-refractivity contribution in [1.82, 2.24) is 0 Å². The van der Waals surface area contributed by atoms with E-state index in [4.69, 9.17) is 4.55 Å². The van der Waals surface area contributed by atoms with Gasteiger partial charge in [0, 0.05) is 0 Å². The van der Waals surface area contributed by atoms with Gasteiger partial charge in [0.15, 0.2) is 11.1 Å².